The lowest BCUT2D eigenvalue weighted by Crippen LogP contribution is -2.34. The van der Waals surface area contributed by atoms with Crippen molar-refractivity contribution in [3.8, 4) is 5.75 Å². The molecular weight excluding hydrogens is 262 g/mol. The number of benzene rings is 1. The minimum atomic E-state index is -0.192. The molecule has 2 atom stereocenters. The van der Waals surface area contributed by atoms with Crippen LogP contribution in [0.5, 0.6) is 5.75 Å². The lowest BCUT2D eigenvalue weighted by molar-refractivity contribution is 0.271. The van der Waals surface area contributed by atoms with Crippen LogP contribution in [0, 0.1) is 5.92 Å². The molecule has 1 aromatic rings. The average molecular weight is 285 g/mol. The van der Waals surface area contributed by atoms with E-state index in [1.54, 1.807) is 7.11 Å². The Morgan fingerprint density at radius 2 is 2.19 bits per heavy atom. The predicted octanol–water partition coefficient (Wildman–Crippen LogP) is 3.82. The maximum absolute atomic E-state index is 5.98. The summed E-state index contributed by atoms with van der Waals surface area (Å²) in [7, 11) is 1.70. The molecule has 0 fully saturated rings. The molecule has 0 saturated heterocycles. The normalized spacial score (nSPS) is 27.3. The van der Waals surface area contributed by atoms with Gasteiger partial charge in [-0.15, -0.1) is 0 Å². The molecule has 1 aliphatic heterocycles. The van der Waals surface area contributed by atoms with Gasteiger partial charge < -0.3 is 9.47 Å². The van der Waals surface area contributed by atoms with Crippen LogP contribution in [0.4, 0.5) is 0 Å². The van der Waals surface area contributed by atoms with E-state index >= 15 is 0 Å². The fourth-order valence-electron chi connectivity index (χ4n) is 3.05. The maximum atomic E-state index is 5.98. The van der Waals surface area contributed by atoms with Crippen molar-refractivity contribution in [1.29, 1.82) is 0 Å². The zero-order valence-electron chi connectivity index (χ0n) is 13.2. The average Bonchev–Trinajstić information content (AvgIpc) is 2.98. The number of hydrogen-bond donors (Lipinski definition) is 0. The summed E-state index contributed by atoms with van der Waals surface area (Å²) in [4.78, 5) is 4.86. The van der Waals surface area contributed by atoms with Gasteiger partial charge in [0, 0.05) is 0 Å². The molecule has 0 bridgehead atoms. The van der Waals surface area contributed by atoms with Gasteiger partial charge in [0.15, 0.2) is 5.90 Å². The van der Waals surface area contributed by atoms with Crippen molar-refractivity contribution in [3.63, 3.8) is 0 Å². The Hall–Kier alpha value is -1.77. The highest BCUT2D eigenvalue weighted by atomic mass is 16.5. The van der Waals surface area contributed by atoms with Gasteiger partial charge in [-0.1, -0.05) is 32.1 Å². The number of nitrogens with zero attached hydrogens (tertiary/aromatic N) is 1. The van der Waals surface area contributed by atoms with Gasteiger partial charge in [0.05, 0.1) is 18.6 Å². The molecule has 0 unspecified atom stereocenters. The second kappa shape index (κ2) is 5.21. The second-order valence-corrected chi connectivity index (χ2v) is 6.45. The van der Waals surface area contributed by atoms with Crippen LogP contribution in [0.1, 0.15) is 38.3 Å². The fourth-order valence-corrected chi connectivity index (χ4v) is 3.05. The Kier molecular flexibility index (Phi) is 3.52. The SMILES string of the molecule is COc1ccc2c(c1)[C@@](C)(C1=N[C@@H](C(C)C)CO1)CC=C2. The number of hydrogen-bond acceptors (Lipinski definition) is 3. The highest BCUT2D eigenvalue weighted by Crippen LogP contribution is 2.40. The summed E-state index contributed by atoms with van der Waals surface area (Å²) in [6.45, 7) is 7.31. The van der Waals surface area contributed by atoms with Crippen LogP contribution >= 0.6 is 0 Å². The van der Waals surface area contributed by atoms with Crippen molar-refractivity contribution >= 4 is 12.0 Å². The number of allylic oxidation sites excluding steroid dienone is 1. The third kappa shape index (κ3) is 2.35. The summed E-state index contributed by atoms with van der Waals surface area (Å²) in [6.07, 6.45) is 5.30. The fraction of sp³-hybridized carbons (Fsp3) is 0.500. The lowest BCUT2D eigenvalue weighted by atomic mass is 9.74. The number of ether oxygens (including phenoxy) is 2. The molecule has 3 heteroatoms. The molecule has 112 valence electrons. The lowest BCUT2D eigenvalue weighted by Gasteiger charge is -2.32. The first-order valence-electron chi connectivity index (χ1n) is 7.61. The van der Waals surface area contributed by atoms with Crippen LogP contribution in [0.2, 0.25) is 0 Å². The summed E-state index contributed by atoms with van der Waals surface area (Å²) < 4.78 is 11.4. The van der Waals surface area contributed by atoms with Crippen molar-refractivity contribution in [3.05, 3.63) is 35.4 Å². The first-order chi connectivity index (χ1) is 10.0. The molecular formula is C18H23NO2. The number of fused-ring (bicyclic) bond motifs is 1. The summed E-state index contributed by atoms with van der Waals surface area (Å²) in [6, 6.07) is 6.51. The molecule has 0 spiro atoms. The van der Waals surface area contributed by atoms with E-state index in [1.165, 1.54) is 11.1 Å². The summed E-state index contributed by atoms with van der Waals surface area (Å²) in [5.74, 6) is 2.27. The van der Waals surface area contributed by atoms with Crippen LogP contribution in [0.3, 0.4) is 0 Å². The molecule has 1 heterocycles. The largest absolute Gasteiger partial charge is 0.497 e. The summed E-state index contributed by atoms with van der Waals surface area (Å²) in [5.41, 5.74) is 2.28. The van der Waals surface area contributed by atoms with Gasteiger partial charge in [0.25, 0.3) is 0 Å². The third-order valence-corrected chi connectivity index (χ3v) is 4.59. The molecule has 2 aliphatic rings. The summed E-state index contributed by atoms with van der Waals surface area (Å²) >= 11 is 0. The Labute approximate surface area is 126 Å². The minimum absolute atomic E-state index is 0.192. The number of aliphatic imine (C=N–C) groups is 1. The first kappa shape index (κ1) is 14.2. The quantitative estimate of drug-likeness (QED) is 0.845. The van der Waals surface area contributed by atoms with Gasteiger partial charge in [-0.05, 0) is 42.5 Å². The highest BCUT2D eigenvalue weighted by molar-refractivity contribution is 5.91. The van der Waals surface area contributed by atoms with Crippen molar-refractivity contribution in [2.24, 2.45) is 10.9 Å². The monoisotopic (exact) mass is 285 g/mol. The number of rotatable bonds is 3. The maximum Gasteiger partial charge on any atom is 0.194 e. The Morgan fingerprint density at radius 3 is 2.86 bits per heavy atom. The molecule has 0 amide bonds. The molecule has 1 aromatic carbocycles. The third-order valence-electron chi connectivity index (χ3n) is 4.59. The van der Waals surface area contributed by atoms with Gasteiger partial charge in [-0.3, -0.25) is 0 Å². The first-order valence-corrected chi connectivity index (χ1v) is 7.61. The van der Waals surface area contributed by atoms with Gasteiger partial charge in [0.2, 0.25) is 0 Å². The van der Waals surface area contributed by atoms with Gasteiger partial charge in [-0.2, -0.15) is 0 Å². The smallest absolute Gasteiger partial charge is 0.194 e. The zero-order valence-corrected chi connectivity index (χ0v) is 13.2. The van der Waals surface area contributed by atoms with Gasteiger partial charge >= 0.3 is 0 Å². The molecule has 0 N–H and O–H groups in total. The Balaban J connectivity index is 2.03. The topological polar surface area (TPSA) is 30.8 Å². The van der Waals surface area contributed by atoms with Crippen LogP contribution in [0.15, 0.2) is 29.3 Å². The van der Waals surface area contributed by atoms with E-state index in [4.69, 9.17) is 14.5 Å². The molecule has 0 aromatic heterocycles. The van der Waals surface area contributed by atoms with E-state index in [0.717, 1.165) is 18.1 Å². The van der Waals surface area contributed by atoms with E-state index in [9.17, 15) is 0 Å². The molecule has 1 aliphatic carbocycles. The van der Waals surface area contributed by atoms with Crippen molar-refractivity contribution < 1.29 is 9.47 Å². The van der Waals surface area contributed by atoms with Crippen LogP contribution in [0.25, 0.3) is 6.08 Å². The molecule has 3 nitrogen and oxygen atoms in total. The van der Waals surface area contributed by atoms with E-state index in [2.05, 4.69) is 45.1 Å². The van der Waals surface area contributed by atoms with E-state index in [0.29, 0.717) is 12.5 Å². The van der Waals surface area contributed by atoms with Crippen LogP contribution in [-0.2, 0) is 10.2 Å². The van der Waals surface area contributed by atoms with Gasteiger partial charge in [0.1, 0.15) is 12.4 Å². The van der Waals surface area contributed by atoms with Crippen LogP contribution < -0.4 is 4.74 Å². The molecule has 3 rings (SSSR count). The van der Waals surface area contributed by atoms with Crippen molar-refractivity contribution in [2.45, 2.75) is 38.6 Å². The van der Waals surface area contributed by atoms with Crippen molar-refractivity contribution in [1.82, 2.24) is 0 Å². The zero-order chi connectivity index (χ0) is 15.0. The second-order valence-electron chi connectivity index (χ2n) is 6.45. The number of methoxy groups -OCH3 is 1. The van der Waals surface area contributed by atoms with Crippen LogP contribution in [-0.4, -0.2) is 25.7 Å². The highest BCUT2D eigenvalue weighted by Gasteiger charge is 2.40. The molecule has 0 radical (unpaired) electrons. The predicted molar refractivity (Wildman–Crippen MR) is 86.0 cm³/mol. The Morgan fingerprint density at radius 1 is 1.38 bits per heavy atom. The van der Waals surface area contributed by atoms with E-state index in [-0.39, 0.29) is 11.5 Å². The minimum Gasteiger partial charge on any atom is -0.497 e. The standard InChI is InChI=1S/C18H23NO2/c1-12(2)16-11-21-17(19-16)18(3)9-5-6-13-7-8-14(20-4)10-15(13)18/h5-8,10,12,16H,9,11H2,1-4H3/t16-,18+/m1/s1. The van der Waals surface area contributed by atoms with Gasteiger partial charge in [-0.25, -0.2) is 4.99 Å². The van der Waals surface area contributed by atoms with E-state index < -0.39 is 0 Å². The van der Waals surface area contributed by atoms with Crippen molar-refractivity contribution in [2.75, 3.05) is 13.7 Å². The molecule has 21 heavy (non-hydrogen) atoms. The van der Waals surface area contributed by atoms with E-state index in [1.807, 2.05) is 6.07 Å². The Bertz CT molecular complexity index is 603. The summed E-state index contributed by atoms with van der Waals surface area (Å²) in [5, 5.41) is 0. The molecule has 0 saturated carbocycles.